The van der Waals surface area contributed by atoms with Crippen LogP contribution in [0.1, 0.15) is 27.3 Å². The van der Waals surface area contributed by atoms with Crippen LogP contribution in [0.3, 0.4) is 0 Å². The van der Waals surface area contributed by atoms with Gasteiger partial charge in [0.05, 0.1) is 22.4 Å². The number of hydrogen-bond acceptors (Lipinski definition) is 3. The van der Waals surface area contributed by atoms with E-state index in [0.29, 0.717) is 17.1 Å². The van der Waals surface area contributed by atoms with Gasteiger partial charge in [-0.1, -0.05) is 11.6 Å². The normalized spacial score (nSPS) is 13.4. The molecule has 24 heavy (non-hydrogen) atoms. The van der Waals surface area contributed by atoms with Gasteiger partial charge in [0.25, 0.3) is 5.91 Å². The average molecular weight is 338 g/mol. The van der Waals surface area contributed by atoms with E-state index < -0.39 is 0 Å². The minimum Gasteiger partial charge on any atom is -0.308 e. The zero-order valence-corrected chi connectivity index (χ0v) is 14.3. The fourth-order valence-corrected chi connectivity index (χ4v) is 3.30. The standard InChI is InChI=1S/C19H16ClN3O/c1-11-12(2)22-17-10-14(3-5-16(17)21-11)19(24)23-8-7-13-9-15(20)4-6-18(13)23/h3-6,9-10H,7-8H2,1-2H3. The second-order valence-electron chi connectivity index (χ2n) is 6.08. The Hall–Kier alpha value is -2.46. The van der Waals surface area contributed by atoms with Crippen molar-refractivity contribution in [3.63, 3.8) is 0 Å². The van der Waals surface area contributed by atoms with E-state index in [1.807, 2.05) is 50.2 Å². The third-order valence-electron chi connectivity index (χ3n) is 4.50. The molecular weight excluding hydrogens is 322 g/mol. The highest BCUT2D eigenvalue weighted by Crippen LogP contribution is 2.31. The Labute approximate surface area is 145 Å². The van der Waals surface area contributed by atoms with E-state index in [1.165, 1.54) is 0 Å². The predicted molar refractivity (Wildman–Crippen MR) is 95.8 cm³/mol. The molecule has 120 valence electrons. The van der Waals surface area contributed by atoms with Gasteiger partial charge in [-0.2, -0.15) is 0 Å². The summed E-state index contributed by atoms with van der Waals surface area (Å²) in [5.74, 6) is -0.0157. The molecule has 0 saturated carbocycles. The number of hydrogen-bond donors (Lipinski definition) is 0. The van der Waals surface area contributed by atoms with Crippen LogP contribution in [0.5, 0.6) is 0 Å². The predicted octanol–water partition coefficient (Wildman–Crippen LogP) is 4.10. The summed E-state index contributed by atoms with van der Waals surface area (Å²) in [4.78, 5) is 23.8. The van der Waals surface area contributed by atoms with Gasteiger partial charge < -0.3 is 4.90 Å². The number of aryl methyl sites for hydroxylation is 2. The number of benzene rings is 2. The molecule has 2 aromatic carbocycles. The van der Waals surface area contributed by atoms with E-state index >= 15 is 0 Å². The molecule has 4 rings (SSSR count). The van der Waals surface area contributed by atoms with E-state index in [9.17, 15) is 4.79 Å². The van der Waals surface area contributed by atoms with Crippen molar-refractivity contribution >= 4 is 34.2 Å². The lowest BCUT2D eigenvalue weighted by atomic mass is 10.1. The van der Waals surface area contributed by atoms with Crippen LogP contribution in [-0.4, -0.2) is 22.4 Å². The van der Waals surface area contributed by atoms with E-state index in [0.717, 1.165) is 40.1 Å². The second-order valence-corrected chi connectivity index (χ2v) is 6.51. The summed E-state index contributed by atoms with van der Waals surface area (Å²) in [6, 6.07) is 11.2. The highest BCUT2D eigenvalue weighted by atomic mass is 35.5. The van der Waals surface area contributed by atoms with Gasteiger partial charge >= 0.3 is 0 Å². The number of halogens is 1. The van der Waals surface area contributed by atoms with Gasteiger partial charge in [0.2, 0.25) is 0 Å². The Balaban J connectivity index is 1.73. The van der Waals surface area contributed by atoms with E-state index in [2.05, 4.69) is 9.97 Å². The molecule has 0 bridgehead atoms. The summed E-state index contributed by atoms with van der Waals surface area (Å²) >= 11 is 6.04. The topological polar surface area (TPSA) is 46.1 Å². The first kappa shape index (κ1) is 15.1. The van der Waals surface area contributed by atoms with Gasteiger partial charge in [-0.3, -0.25) is 4.79 Å². The first-order valence-electron chi connectivity index (χ1n) is 7.88. The largest absolute Gasteiger partial charge is 0.308 e. The van der Waals surface area contributed by atoms with Gasteiger partial charge in [0.15, 0.2) is 0 Å². The van der Waals surface area contributed by atoms with Crippen LogP contribution in [0.2, 0.25) is 5.02 Å². The molecule has 1 amide bonds. The summed E-state index contributed by atoms with van der Waals surface area (Å²) in [6.45, 7) is 4.54. The van der Waals surface area contributed by atoms with Crippen LogP contribution in [-0.2, 0) is 6.42 Å². The van der Waals surface area contributed by atoms with Gasteiger partial charge in [-0.05, 0) is 62.2 Å². The summed E-state index contributed by atoms with van der Waals surface area (Å²) in [7, 11) is 0. The lowest BCUT2D eigenvalue weighted by molar-refractivity contribution is 0.0989. The Morgan fingerprint density at radius 1 is 1.04 bits per heavy atom. The Morgan fingerprint density at radius 3 is 2.58 bits per heavy atom. The van der Waals surface area contributed by atoms with Crippen molar-refractivity contribution < 1.29 is 4.79 Å². The molecule has 0 fully saturated rings. The quantitative estimate of drug-likeness (QED) is 0.671. The van der Waals surface area contributed by atoms with Crippen LogP contribution < -0.4 is 4.90 Å². The van der Waals surface area contributed by atoms with Crippen molar-refractivity contribution in [3.05, 3.63) is 63.9 Å². The summed E-state index contributed by atoms with van der Waals surface area (Å²) in [5, 5.41) is 0.704. The van der Waals surface area contributed by atoms with Crippen LogP contribution in [0.4, 0.5) is 5.69 Å². The van der Waals surface area contributed by atoms with Crippen molar-refractivity contribution in [1.29, 1.82) is 0 Å². The Morgan fingerprint density at radius 2 is 1.79 bits per heavy atom. The minimum atomic E-state index is -0.0157. The fraction of sp³-hybridized carbons (Fsp3) is 0.211. The van der Waals surface area contributed by atoms with Crippen LogP contribution >= 0.6 is 11.6 Å². The summed E-state index contributed by atoms with van der Waals surface area (Å²) < 4.78 is 0. The molecule has 1 aromatic heterocycles. The van der Waals surface area contributed by atoms with Gasteiger partial charge in [0, 0.05) is 22.8 Å². The second kappa shape index (κ2) is 5.56. The van der Waals surface area contributed by atoms with Gasteiger partial charge in [0.1, 0.15) is 0 Å². The third kappa shape index (κ3) is 2.43. The molecule has 0 spiro atoms. The monoisotopic (exact) mass is 337 g/mol. The molecule has 1 aliphatic heterocycles. The molecule has 0 aliphatic carbocycles. The van der Waals surface area contributed by atoms with Crippen LogP contribution in [0, 0.1) is 13.8 Å². The number of fused-ring (bicyclic) bond motifs is 2. The van der Waals surface area contributed by atoms with E-state index in [-0.39, 0.29) is 5.91 Å². The lowest BCUT2D eigenvalue weighted by Crippen LogP contribution is -2.28. The molecule has 0 unspecified atom stereocenters. The smallest absolute Gasteiger partial charge is 0.258 e. The molecule has 5 heteroatoms. The Bertz CT molecular complexity index is 984. The first-order valence-corrected chi connectivity index (χ1v) is 8.26. The van der Waals surface area contributed by atoms with E-state index in [4.69, 9.17) is 11.6 Å². The highest BCUT2D eigenvalue weighted by Gasteiger charge is 2.25. The maximum Gasteiger partial charge on any atom is 0.258 e. The molecule has 4 nitrogen and oxygen atoms in total. The van der Waals surface area contributed by atoms with Crippen LogP contribution in [0.15, 0.2) is 36.4 Å². The van der Waals surface area contributed by atoms with Crippen molar-refractivity contribution in [3.8, 4) is 0 Å². The van der Waals surface area contributed by atoms with E-state index in [1.54, 1.807) is 4.90 Å². The fourth-order valence-electron chi connectivity index (χ4n) is 3.10. The number of rotatable bonds is 1. The Kier molecular flexibility index (Phi) is 3.50. The SMILES string of the molecule is Cc1nc2ccc(C(=O)N3CCc4cc(Cl)ccc43)cc2nc1C. The maximum absolute atomic E-state index is 12.9. The molecule has 3 aromatic rings. The van der Waals surface area contributed by atoms with Crippen molar-refractivity contribution in [2.24, 2.45) is 0 Å². The van der Waals surface area contributed by atoms with Gasteiger partial charge in [-0.15, -0.1) is 0 Å². The lowest BCUT2D eigenvalue weighted by Gasteiger charge is -2.17. The first-order chi connectivity index (χ1) is 11.5. The molecule has 0 atom stereocenters. The highest BCUT2D eigenvalue weighted by molar-refractivity contribution is 6.30. The van der Waals surface area contributed by atoms with Crippen molar-refractivity contribution in [2.45, 2.75) is 20.3 Å². The minimum absolute atomic E-state index is 0.0157. The molecule has 0 N–H and O–H groups in total. The molecule has 0 radical (unpaired) electrons. The zero-order chi connectivity index (χ0) is 16.8. The number of carbonyl (C=O) groups excluding carboxylic acids is 1. The number of amides is 1. The van der Waals surface area contributed by atoms with Crippen LogP contribution in [0.25, 0.3) is 11.0 Å². The third-order valence-corrected chi connectivity index (χ3v) is 4.74. The molecule has 1 aliphatic rings. The summed E-state index contributed by atoms with van der Waals surface area (Å²) in [5.41, 5.74) is 6.03. The number of aromatic nitrogens is 2. The average Bonchev–Trinajstić information content (AvgIpc) is 2.97. The summed E-state index contributed by atoms with van der Waals surface area (Å²) in [6.07, 6.45) is 0.827. The van der Waals surface area contributed by atoms with Gasteiger partial charge in [-0.25, -0.2) is 9.97 Å². The number of anilines is 1. The molecule has 2 heterocycles. The number of nitrogens with zero attached hydrogens (tertiary/aromatic N) is 3. The maximum atomic E-state index is 12.9. The molecule has 0 saturated heterocycles. The number of carbonyl (C=O) groups is 1. The molecular formula is C19H16ClN3O. The van der Waals surface area contributed by atoms with Crippen molar-refractivity contribution in [2.75, 3.05) is 11.4 Å². The zero-order valence-electron chi connectivity index (χ0n) is 13.5. The van der Waals surface area contributed by atoms with Crippen molar-refractivity contribution in [1.82, 2.24) is 9.97 Å².